The standard InChI is InChI=1S/C32H12BF24.C15H13N2O5/c34-25(35,36)13-1-14(26(37,38)39)6-21(5-13)33(22-7-15(27(40,41)42)2-16(8-22)28(43,44)45,23-9-17(29(46,47)48)3-18(10-23)30(49,50)51)24-11-19(31(52,53)54)4-20(12-24)32(55,56)57;18-14(12-4-2-1-3-5-12)10-16-8-6-13(7-9-16)15(19)22-11-17(20)21/h1-12H;1-9H,10-11H2/q-1;+1. The van der Waals surface area contributed by atoms with Crippen LogP contribution >= 0.6 is 0 Å². The first-order valence-corrected chi connectivity index (χ1v) is 21.0. The summed E-state index contributed by atoms with van der Waals surface area (Å²) >= 11 is 0. The molecule has 5 aromatic carbocycles. The topological polar surface area (TPSA) is 90.4 Å². The molecule has 1 heterocycles. The van der Waals surface area contributed by atoms with Crippen LogP contribution in [0.5, 0.6) is 0 Å². The van der Waals surface area contributed by atoms with Gasteiger partial charge in [-0.1, -0.05) is 78.9 Å². The van der Waals surface area contributed by atoms with E-state index in [-0.39, 0.29) is 17.9 Å². The van der Waals surface area contributed by atoms with Crippen LogP contribution in [0.25, 0.3) is 0 Å². The number of esters is 1. The molecule has 0 N–H and O–H groups in total. The Kier molecular flexibility index (Phi) is 17.1. The monoisotopic (exact) mass is 1160 g/mol. The molecule has 0 fully saturated rings. The third kappa shape index (κ3) is 15.1. The normalized spacial score (nSPS) is 13.1. The van der Waals surface area contributed by atoms with E-state index in [1.165, 1.54) is 12.1 Å². The van der Waals surface area contributed by atoms with Gasteiger partial charge in [0.25, 0.3) is 0 Å². The number of hydrogen-bond donors (Lipinski definition) is 0. The zero-order valence-electron chi connectivity index (χ0n) is 38.1. The van der Waals surface area contributed by atoms with Gasteiger partial charge in [-0.3, -0.25) is 14.9 Å². The van der Waals surface area contributed by atoms with Gasteiger partial charge in [-0.15, -0.1) is 0 Å². The number of halogens is 24. The van der Waals surface area contributed by atoms with Crippen LogP contribution in [0.15, 0.2) is 128 Å². The Bertz CT molecular complexity index is 2780. The van der Waals surface area contributed by atoms with Crippen LogP contribution < -0.4 is 26.4 Å². The maximum atomic E-state index is 14.2. The van der Waals surface area contributed by atoms with Crippen LogP contribution in [0.4, 0.5) is 105 Å². The second kappa shape index (κ2) is 21.8. The molecule has 0 saturated carbocycles. The van der Waals surface area contributed by atoms with E-state index in [9.17, 15) is 125 Å². The summed E-state index contributed by atoms with van der Waals surface area (Å²) in [6.07, 6.45) is -51.7. The van der Waals surface area contributed by atoms with Crippen LogP contribution in [-0.4, -0.2) is 29.6 Å². The van der Waals surface area contributed by atoms with Crippen LogP contribution in [0.1, 0.15) is 65.2 Å². The first kappa shape index (κ1) is 62.0. The van der Waals surface area contributed by atoms with E-state index in [0.717, 1.165) is 0 Å². The smallest absolute Gasteiger partial charge is 0.397 e. The van der Waals surface area contributed by atoms with Gasteiger partial charge in [-0.25, -0.2) is 4.79 Å². The number of aromatic nitrogens is 1. The highest BCUT2D eigenvalue weighted by Crippen LogP contribution is 2.41. The summed E-state index contributed by atoms with van der Waals surface area (Å²) in [7, 11) is 0. The summed E-state index contributed by atoms with van der Waals surface area (Å²) in [6.45, 7) is -0.742. The van der Waals surface area contributed by atoms with Gasteiger partial charge < -0.3 is 4.74 Å². The number of carbonyl (C=O) groups excluding carboxylic acids is 2. The third-order valence-electron chi connectivity index (χ3n) is 11.3. The van der Waals surface area contributed by atoms with Gasteiger partial charge in [0.2, 0.25) is 12.3 Å². The summed E-state index contributed by atoms with van der Waals surface area (Å²) in [5.74, 6) is -0.840. The highest BCUT2D eigenvalue weighted by molar-refractivity contribution is 7.20. The molecular weight excluding hydrogens is 1140 g/mol. The Morgan fingerprint density at radius 3 is 0.886 bits per heavy atom. The fraction of sp³-hybridized carbons (Fsp3) is 0.213. The maximum Gasteiger partial charge on any atom is 0.416 e. The Morgan fingerprint density at radius 2 is 0.658 bits per heavy atom. The number of nitro groups is 1. The number of rotatable bonds is 10. The van der Waals surface area contributed by atoms with E-state index in [1.807, 2.05) is 6.07 Å². The minimum atomic E-state index is -6.13. The number of alkyl halides is 24. The van der Waals surface area contributed by atoms with Gasteiger partial charge in [0, 0.05) is 17.7 Å². The average molecular weight is 1160 g/mol. The minimum absolute atomic E-state index is 0.0609. The van der Waals surface area contributed by atoms with E-state index >= 15 is 0 Å². The van der Waals surface area contributed by atoms with E-state index < -0.39 is 212 Å². The van der Waals surface area contributed by atoms with Crippen molar-refractivity contribution >= 4 is 39.7 Å². The second-order valence-electron chi connectivity index (χ2n) is 16.7. The Hall–Kier alpha value is -7.83. The molecule has 0 radical (unpaired) electrons. The highest BCUT2D eigenvalue weighted by Gasteiger charge is 2.47. The van der Waals surface area contributed by atoms with Crippen LogP contribution in [0.3, 0.4) is 0 Å². The van der Waals surface area contributed by atoms with Crippen molar-refractivity contribution in [1.82, 2.24) is 0 Å². The molecule has 0 unspecified atom stereocenters. The van der Waals surface area contributed by atoms with Crippen molar-refractivity contribution in [2.45, 2.75) is 56.0 Å². The zero-order valence-corrected chi connectivity index (χ0v) is 38.1. The van der Waals surface area contributed by atoms with Gasteiger partial charge in [0.15, 0.2) is 12.4 Å². The third-order valence-corrected chi connectivity index (χ3v) is 11.3. The quantitative estimate of drug-likeness (QED) is 0.0199. The molecule has 1 aromatic heterocycles. The number of benzene rings is 5. The largest absolute Gasteiger partial charge is 0.416 e. The average Bonchev–Trinajstić information content (AvgIpc) is 3.36. The summed E-state index contributed by atoms with van der Waals surface area (Å²) in [5.41, 5.74) is -29.4. The summed E-state index contributed by atoms with van der Waals surface area (Å²) in [5, 5.41) is 10.1. The van der Waals surface area contributed by atoms with Crippen LogP contribution in [-0.2, 0) is 60.7 Å². The van der Waals surface area contributed by atoms with Gasteiger partial charge in [0.05, 0.1) is 55.0 Å². The van der Waals surface area contributed by atoms with Crippen molar-refractivity contribution < 1.29 is 129 Å². The number of carbonyl (C=O) groups is 2. The zero-order chi connectivity index (χ0) is 59.9. The summed E-state index contributed by atoms with van der Waals surface area (Å²) in [6, 6.07) is 2.93. The molecule has 32 heteroatoms. The van der Waals surface area contributed by atoms with E-state index in [0.29, 0.717) is 5.56 Å². The number of Topliss-reactive ketones (excluding diaryl/α,β-unsaturated/α-hetero) is 1. The van der Waals surface area contributed by atoms with Crippen LogP contribution in [0.2, 0.25) is 0 Å². The highest BCUT2D eigenvalue weighted by atomic mass is 19.4. The molecule has 79 heavy (non-hydrogen) atoms. The van der Waals surface area contributed by atoms with Gasteiger partial charge in [-0.05, 0) is 24.3 Å². The minimum Gasteiger partial charge on any atom is -0.397 e. The first-order valence-electron chi connectivity index (χ1n) is 21.0. The van der Waals surface area contributed by atoms with Crippen molar-refractivity contribution in [1.29, 1.82) is 0 Å². The first-order chi connectivity index (χ1) is 35.8. The van der Waals surface area contributed by atoms with Crippen molar-refractivity contribution in [2.75, 3.05) is 6.73 Å². The molecular formula is C47H25BF24N2O5. The molecule has 0 aliphatic rings. The molecule has 0 saturated heterocycles. The Morgan fingerprint density at radius 1 is 0.405 bits per heavy atom. The van der Waals surface area contributed by atoms with Crippen molar-refractivity contribution in [3.63, 3.8) is 0 Å². The molecule has 6 rings (SSSR count). The van der Waals surface area contributed by atoms with E-state index in [1.54, 1.807) is 41.2 Å². The molecule has 0 amide bonds. The van der Waals surface area contributed by atoms with E-state index in [2.05, 4.69) is 4.74 Å². The maximum absolute atomic E-state index is 14.2. The molecule has 6 aromatic rings. The van der Waals surface area contributed by atoms with Gasteiger partial charge in [-0.2, -0.15) is 132 Å². The molecule has 0 aliphatic heterocycles. The van der Waals surface area contributed by atoms with Crippen molar-refractivity contribution in [2.24, 2.45) is 0 Å². The SMILES string of the molecule is FC(F)(F)c1cc([B-](c2cc(C(F)(F)F)cc(C(F)(F)F)c2)(c2cc(C(F)(F)F)cc(C(F)(F)F)c2)c2cc(C(F)(F)F)cc(C(F)(F)F)c2)cc(C(F)(F)F)c1.O=C(C[n+]1ccc(C(=O)OC[N+](=O)[O-])cc1)c1ccccc1. The molecule has 0 spiro atoms. The summed E-state index contributed by atoms with van der Waals surface area (Å²) < 4.78 is 347. The number of ether oxygens (including phenoxy) is 1. The molecule has 7 nitrogen and oxygen atoms in total. The Labute approximate surface area is 424 Å². The number of pyridine rings is 1. The lowest BCUT2D eigenvalue weighted by Gasteiger charge is -2.46. The lowest BCUT2D eigenvalue weighted by Crippen LogP contribution is -2.75. The lowest BCUT2D eigenvalue weighted by atomic mass is 9.12. The Balaban J connectivity index is 0.000000433. The fourth-order valence-corrected chi connectivity index (χ4v) is 7.85. The predicted octanol–water partition coefficient (Wildman–Crippen LogP) is 12.5. The lowest BCUT2D eigenvalue weighted by molar-refractivity contribution is -0.683. The molecule has 0 aliphatic carbocycles. The van der Waals surface area contributed by atoms with Gasteiger partial charge >= 0.3 is 62.1 Å². The number of hydrogen-bond acceptors (Lipinski definition) is 5. The molecule has 424 valence electrons. The molecule has 0 atom stereocenters. The van der Waals surface area contributed by atoms with E-state index in [4.69, 9.17) is 0 Å². The second-order valence-corrected chi connectivity index (χ2v) is 16.7. The van der Waals surface area contributed by atoms with Gasteiger partial charge in [0.1, 0.15) is 6.15 Å². The fourth-order valence-electron chi connectivity index (χ4n) is 7.85. The predicted molar refractivity (Wildman–Crippen MR) is 225 cm³/mol. The van der Waals surface area contributed by atoms with Crippen LogP contribution in [0, 0.1) is 10.1 Å². The summed E-state index contributed by atoms with van der Waals surface area (Å²) in [4.78, 5) is 32.9. The molecule has 0 bridgehead atoms. The van der Waals surface area contributed by atoms with Crippen molar-refractivity contribution in [3.8, 4) is 0 Å². The number of nitrogens with zero attached hydrogens (tertiary/aromatic N) is 2. The van der Waals surface area contributed by atoms with Crippen molar-refractivity contribution in [3.05, 3.63) is 193 Å². The number of ketones is 1.